The maximum absolute atomic E-state index is 11.9. The number of aliphatic hydroxyl groups excluding tert-OH is 1. The summed E-state index contributed by atoms with van der Waals surface area (Å²) in [6, 6.07) is 5.94. The van der Waals surface area contributed by atoms with Gasteiger partial charge in [-0.15, -0.1) is 0 Å². The minimum atomic E-state index is -1.08. The van der Waals surface area contributed by atoms with Crippen molar-refractivity contribution in [2.45, 2.75) is 43.3 Å². The van der Waals surface area contributed by atoms with Gasteiger partial charge in [0.25, 0.3) is 0 Å². The van der Waals surface area contributed by atoms with E-state index in [0.717, 1.165) is 48.2 Å². The predicted molar refractivity (Wildman–Crippen MR) is 106 cm³/mol. The van der Waals surface area contributed by atoms with Crippen molar-refractivity contribution in [1.82, 2.24) is 4.90 Å². The van der Waals surface area contributed by atoms with Gasteiger partial charge in [-0.3, -0.25) is 4.90 Å². The van der Waals surface area contributed by atoms with E-state index in [1.807, 2.05) is 25.3 Å². The van der Waals surface area contributed by atoms with Crippen LogP contribution >= 0.6 is 0 Å². The van der Waals surface area contributed by atoms with E-state index >= 15 is 0 Å². The minimum Gasteiger partial charge on any atom is -0.612 e. The quantitative estimate of drug-likeness (QED) is 0.767. The van der Waals surface area contributed by atoms with Crippen LogP contribution in [0.1, 0.15) is 31.2 Å². The molecule has 1 aliphatic heterocycles. The molecule has 1 aromatic carbocycles. The second-order valence-electron chi connectivity index (χ2n) is 7.57. The highest BCUT2D eigenvalue weighted by atomic mass is 32.2. The maximum atomic E-state index is 11.9. The first-order valence-electron chi connectivity index (χ1n) is 9.68. The SMILES string of the molecule is COC1CCC(CN2CCN(c3ccc(CO)c([S+](C)[O-])c3)CC2)CC1. The van der Waals surface area contributed by atoms with Gasteiger partial charge in [0.2, 0.25) is 0 Å². The largest absolute Gasteiger partial charge is 0.612 e. The molecule has 1 N–H and O–H groups in total. The molecular weight excluding hydrogens is 348 g/mol. The fourth-order valence-electron chi connectivity index (χ4n) is 4.24. The van der Waals surface area contributed by atoms with E-state index < -0.39 is 11.2 Å². The minimum absolute atomic E-state index is 0.0612. The number of aliphatic hydroxyl groups is 1. The number of hydrogen-bond donors (Lipinski definition) is 1. The van der Waals surface area contributed by atoms with Crippen molar-refractivity contribution in [1.29, 1.82) is 0 Å². The molecule has 1 saturated carbocycles. The summed E-state index contributed by atoms with van der Waals surface area (Å²) in [5, 5.41) is 9.43. The molecule has 1 aliphatic carbocycles. The van der Waals surface area contributed by atoms with E-state index in [2.05, 4.69) is 9.80 Å². The standard InChI is InChI=1S/C20H32N2O3S/c1-25-19-7-3-16(4-8-19)14-21-9-11-22(12-10-21)18-6-5-17(15-23)20(13-18)26(2)24/h5-6,13,16,19,23H,3-4,7-12,14-15H2,1-2H3. The van der Waals surface area contributed by atoms with Gasteiger partial charge in [0.1, 0.15) is 6.26 Å². The Kier molecular flexibility index (Phi) is 7.23. The number of hydrogen-bond acceptors (Lipinski definition) is 5. The summed E-state index contributed by atoms with van der Waals surface area (Å²) in [5.41, 5.74) is 1.88. The molecule has 0 bridgehead atoms. The van der Waals surface area contributed by atoms with Crippen molar-refractivity contribution in [2.24, 2.45) is 5.92 Å². The van der Waals surface area contributed by atoms with Crippen LogP contribution in [0.25, 0.3) is 0 Å². The van der Waals surface area contributed by atoms with E-state index in [4.69, 9.17) is 4.74 Å². The van der Waals surface area contributed by atoms with Crippen molar-refractivity contribution in [2.75, 3.05) is 51.0 Å². The molecule has 0 spiro atoms. The summed E-state index contributed by atoms with van der Waals surface area (Å²) < 4.78 is 17.4. The number of benzene rings is 1. The molecule has 1 saturated heterocycles. The van der Waals surface area contributed by atoms with Crippen molar-refractivity contribution in [3.05, 3.63) is 23.8 Å². The van der Waals surface area contributed by atoms with E-state index in [-0.39, 0.29) is 6.61 Å². The van der Waals surface area contributed by atoms with Crippen LogP contribution in [-0.4, -0.2) is 66.8 Å². The zero-order valence-electron chi connectivity index (χ0n) is 16.0. The smallest absolute Gasteiger partial charge is 0.159 e. The Morgan fingerprint density at radius 1 is 1.15 bits per heavy atom. The molecule has 0 aromatic heterocycles. The lowest BCUT2D eigenvalue weighted by Gasteiger charge is -2.39. The second kappa shape index (κ2) is 9.42. The van der Waals surface area contributed by atoms with E-state index in [1.54, 1.807) is 6.26 Å². The van der Waals surface area contributed by atoms with Gasteiger partial charge in [0, 0.05) is 57.2 Å². The van der Waals surface area contributed by atoms with Crippen LogP contribution in [0.3, 0.4) is 0 Å². The van der Waals surface area contributed by atoms with Gasteiger partial charge in [-0.25, -0.2) is 0 Å². The summed E-state index contributed by atoms with van der Waals surface area (Å²) in [6.07, 6.45) is 7.13. The highest BCUT2D eigenvalue weighted by Gasteiger charge is 2.25. The third-order valence-corrected chi connectivity index (χ3v) is 6.91. The van der Waals surface area contributed by atoms with Crippen LogP contribution in [0, 0.1) is 5.92 Å². The van der Waals surface area contributed by atoms with Crippen molar-refractivity contribution < 1.29 is 14.4 Å². The lowest BCUT2D eigenvalue weighted by atomic mass is 9.87. The van der Waals surface area contributed by atoms with Gasteiger partial charge >= 0.3 is 0 Å². The molecule has 2 fully saturated rings. The second-order valence-corrected chi connectivity index (χ2v) is 8.92. The van der Waals surface area contributed by atoms with E-state index in [1.165, 1.54) is 32.2 Å². The van der Waals surface area contributed by atoms with Crippen LogP contribution in [0.2, 0.25) is 0 Å². The van der Waals surface area contributed by atoms with Gasteiger partial charge in [0.05, 0.1) is 12.7 Å². The molecule has 1 atom stereocenters. The zero-order valence-corrected chi connectivity index (χ0v) is 16.8. The summed E-state index contributed by atoms with van der Waals surface area (Å²) >= 11 is -1.08. The highest BCUT2D eigenvalue weighted by molar-refractivity contribution is 7.90. The third kappa shape index (κ3) is 4.93. The first kappa shape index (κ1) is 20.0. The first-order chi connectivity index (χ1) is 12.6. The number of nitrogens with zero attached hydrogens (tertiary/aromatic N) is 2. The molecule has 1 heterocycles. The molecule has 1 unspecified atom stereocenters. The molecule has 1 aromatic rings. The molecule has 0 amide bonds. The van der Waals surface area contributed by atoms with Gasteiger partial charge < -0.3 is 19.3 Å². The molecule has 146 valence electrons. The fourth-order valence-corrected chi connectivity index (χ4v) is 5.03. The number of methoxy groups -OCH3 is 1. The Labute approximate surface area is 160 Å². The third-order valence-electron chi connectivity index (χ3n) is 5.91. The molecule has 6 heteroatoms. The van der Waals surface area contributed by atoms with Crippen LogP contribution in [-0.2, 0) is 22.5 Å². The summed E-state index contributed by atoms with van der Waals surface area (Å²) in [6.45, 7) is 5.31. The van der Waals surface area contributed by atoms with Crippen LogP contribution in [0.4, 0.5) is 5.69 Å². The van der Waals surface area contributed by atoms with Gasteiger partial charge in [0.15, 0.2) is 4.90 Å². The van der Waals surface area contributed by atoms with Crippen molar-refractivity contribution >= 4 is 16.9 Å². The average molecular weight is 381 g/mol. The number of rotatable bonds is 6. The molecule has 2 aliphatic rings. The summed E-state index contributed by atoms with van der Waals surface area (Å²) in [5.74, 6) is 0.811. The monoisotopic (exact) mass is 380 g/mol. The first-order valence-corrected chi connectivity index (χ1v) is 11.2. The topological polar surface area (TPSA) is 59.0 Å². The van der Waals surface area contributed by atoms with Crippen molar-refractivity contribution in [3.8, 4) is 0 Å². The van der Waals surface area contributed by atoms with Crippen LogP contribution < -0.4 is 4.90 Å². The van der Waals surface area contributed by atoms with Crippen LogP contribution in [0.15, 0.2) is 23.1 Å². The fraction of sp³-hybridized carbons (Fsp3) is 0.700. The Bertz CT molecular complexity index is 568. The van der Waals surface area contributed by atoms with Crippen molar-refractivity contribution in [3.63, 3.8) is 0 Å². The van der Waals surface area contributed by atoms with E-state index in [9.17, 15) is 9.66 Å². The molecule has 3 rings (SSSR count). The number of anilines is 1. The Hall–Kier alpha value is -0.790. The molecule has 0 radical (unpaired) electrons. The zero-order chi connectivity index (χ0) is 18.5. The average Bonchev–Trinajstić information content (AvgIpc) is 2.68. The summed E-state index contributed by atoms with van der Waals surface area (Å²) in [7, 11) is 1.83. The Balaban J connectivity index is 1.51. The maximum Gasteiger partial charge on any atom is 0.159 e. The van der Waals surface area contributed by atoms with E-state index in [0.29, 0.717) is 6.10 Å². The lowest BCUT2D eigenvalue weighted by Crippen LogP contribution is -2.48. The molecule has 26 heavy (non-hydrogen) atoms. The lowest BCUT2D eigenvalue weighted by molar-refractivity contribution is 0.0492. The predicted octanol–water partition coefficient (Wildman–Crippen LogP) is 2.24. The van der Waals surface area contributed by atoms with Gasteiger partial charge in [-0.2, -0.15) is 0 Å². The number of piperazine rings is 1. The summed E-state index contributed by atoms with van der Waals surface area (Å²) in [4.78, 5) is 5.72. The molecule has 5 nitrogen and oxygen atoms in total. The normalized spacial score (nSPS) is 26.1. The number of ether oxygens (including phenoxy) is 1. The highest BCUT2D eigenvalue weighted by Crippen LogP contribution is 2.28. The van der Waals surface area contributed by atoms with Crippen LogP contribution in [0.5, 0.6) is 0 Å². The Morgan fingerprint density at radius 3 is 2.42 bits per heavy atom. The Morgan fingerprint density at radius 2 is 1.85 bits per heavy atom. The van der Waals surface area contributed by atoms with Gasteiger partial charge in [-0.05, 0) is 54.9 Å². The molecular formula is C20H32N2O3S. The van der Waals surface area contributed by atoms with Gasteiger partial charge in [-0.1, -0.05) is 0 Å².